The smallest absolute Gasteiger partial charge is 0.481 e. The van der Waals surface area contributed by atoms with E-state index < -0.39 is 35.4 Å². The van der Waals surface area contributed by atoms with Crippen molar-refractivity contribution in [1.82, 2.24) is 4.98 Å². The Kier molecular flexibility index (Phi) is 3.63. The average Bonchev–Trinajstić information content (AvgIpc) is 2.11. The van der Waals surface area contributed by atoms with Crippen LogP contribution in [0.3, 0.4) is 0 Å². The number of alkyl halides is 6. The average molecular weight is 275 g/mol. The number of ether oxygens (including phenoxy) is 2. The highest BCUT2D eigenvalue weighted by molar-refractivity contribution is 5.40. The molecule has 0 aliphatic carbocycles. The second-order valence-electron chi connectivity index (χ2n) is 3.21. The summed E-state index contributed by atoms with van der Waals surface area (Å²) in [5, 5.41) is 0. The fraction of sp³-hybridized carbons (Fsp3) is 0.444. The lowest BCUT2D eigenvalue weighted by molar-refractivity contribution is -0.278. The van der Waals surface area contributed by atoms with Crippen LogP contribution in [0.5, 0.6) is 11.8 Å². The van der Waals surface area contributed by atoms with E-state index in [9.17, 15) is 26.3 Å². The molecule has 18 heavy (non-hydrogen) atoms. The summed E-state index contributed by atoms with van der Waals surface area (Å²) in [5.74, 6) is -1.98. The van der Waals surface area contributed by atoms with Gasteiger partial charge in [-0.2, -0.15) is 18.2 Å². The molecule has 0 spiro atoms. The lowest BCUT2D eigenvalue weighted by Gasteiger charge is -2.17. The number of hydrogen-bond donors (Lipinski definition) is 0. The lowest BCUT2D eigenvalue weighted by atomic mass is 10.1. The fourth-order valence-corrected chi connectivity index (χ4v) is 1.25. The van der Waals surface area contributed by atoms with Crippen LogP contribution in [-0.4, -0.2) is 18.5 Å². The third-order valence-corrected chi connectivity index (χ3v) is 1.86. The molecule has 0 amide bonds. The number of pyridine rings is 1. The van der Waals surface area contributed by atoms with Gasteiger partial charge >= 0.3 is 12.5 Å². The van der Waals surface area contributed by atoms with Crippen LogP contribution in [0.15, 0.2) is 6.07 Å². The summed E-state index contributed by atoms with van der Waals surface area (Å²) < 4.78 is 81.6. The molecule has 3 nitrogen and oxygen atoms in total. The van der Waals surface area contributed by atoms with E-state index >= 15 is 0 Å². The minimum absolute atomic E-state index is 0.403. The fourth-order valence-electron chi connectivity index (χ4n) is 1.25. The van der Waals surface area contributed by atoms with Crippen LogP contribution in [0, 0.1) is 6.92 Å². The van der Waals surface area contributed by atoms with Crippen molar-refractivity contribution in [3.05, 3.63) is 17.2 Å². The molecule has 0 N–H and O–H groups in total. The number of aromatic nitrogens is 1. The van der Waals surface area contributed by atoms with Crippen LogP contribution in [0.1, 0.15) is 11.1 Å². The van der Waals surface area contributed by atoms with Crippen LogP contribution in [0.25, 0.3) is 0 Å². The molecule has 0 aliphatic heterocycles. The van der Waals surface area contributed by atoms with Gasteiger partial charge in [0.15, 0.2) is 0 Å². The van der Waals surface area contributed by atoms with E-state index in [0.29, 0.717) is 0 Å². The molecule has 1 rings (SSSR count). The van der Waals surface area contributed by atoms with Gasteiger partial charge in [-0.3, -0.25) is 0 Å². The summed E-state index contributed by atoms with van der Waals surface area (Å²) in [4.78, 5) is 3.02. The molecule has 102 valence electrons. The minimum atomic E-state index is -5.27. The Labute approximate surface area is 97.3 Å². The van der Waals surface area contributed by atoms with Gasteiger partial charge in [0.25, 0.3) is 0 Å². The van der Waals surface area contributed by atoms with Gasteiger partial charge in [-0.25, -0.2) is 0 Å². The predicted molar refractivity (Wildman–Crippen MR) is 47.2 cm³/mol. The molecular formula is C9H7F6NO2. The third-order valence-electron chi connectivity index (χ3n) is 1.86. The summed E-state index contributed by atoms with van der Waals surface area (Å²) in [6.07, 6.45) is -10.3. The zero-order valence-corrected chi connectivity index (χ0v) is 9.11. The summed E-state index contributed by atoms with van der Waals surface area (Å²) in [7, 11) is 1.06. The topological polar surface area (TPSA) is 31.4 Å². The first-order valence-corrected chi connectivity index (χ1v) is 4.43. The molecule has 0 atom stereocenters. The van der Waals surface area contributed by atoms with E-state index in [1.165, 1.54) is 0 Å². The Morgan fingerprint density at radius 2 is 1.67 bits per heavy atom. The van der Waals surface area contributed by atoms with Crippen LogP contribution in [-0.2, 0) is 6.18 Å². The molecule has 0 bridgehead atoms. The molecular weight excluding hydrogens is 268 g/mol. The molecule has 0 unspecified atom stereocenters. The monoisotopic (exact) mass is 275 g/mol. The normalized spacial score (nSPS) is 12.4. The number of hydrogen-bond acceptors (Lipinski definition) is 3. The van der Waals surface area contributed by atoms with Gasteiger partial charge in [0.2, 0.25) is 11.8 Å². The number of halogens is 6. The minimum Gasteiger partial charge on any atom is -0.481 e. The summed E-state index contributed by atoms with van der Waals surface area (Å²) in [5.41, 5.74) is -2.06. The van der Waals surface area contributed by atoms with Crippen LogP contribution >= 0.6 is 0 Å². The van der Waals surface area contributed by atoms with Crippen molar-refractivity contribution >= 4 is 0 Å². The van der Waals surface area contributed by atoms with Crippen LogP contribution < -0.4 is 9.47 Å². The first kappa shape index (κ1) is 14.4. The molecule has 1 aromatic heterocycles. The van der Waals surface area contributed by atoms with E-state index in [0.717, 1.165) is 20.1 Å². The van der Waals surface area contributed by atoms with Crippen LogP contribution in [0.2, 0.25) is 0 Å². The maximum atomic E-state index is 12.6. The zero-order chi connectivity index (χ0) is 14.1. The van der Waals surface area contributed by atoms with Crippen molar-refractivity contribution < 1.29 is 35.8 Å². The van der Waals surface area contributed by atoms with Gasteiger partial charge in [-0.1, -0.05) is 0 Å². The highest BCUT2D eigenvalue weighted by Gasteiger charge is 2.42. The van der Waals surface area contributed by atoms with Gasteiger partial charge in [-0.15, -0.1) is 13.2 Å². The van der Waals surface area contributed by atoms with E-state index in [-0.39, 0.29) is 0 Å². The first-order valence-electron chi connectivity index (χ1n) is 4.43. The molecule has 0 aliphatic rings. The lowest BCUT2D eigenvalue weighted by Crippen LogP contribution is -2.22. The van der Waals surface area contributed by atoms with E-state index in [2.05, 4.69) is 14.5 Å². The molecule has 9 heteroatoms. The molecule has 0 radical (unpaired) electrons. The third kappa shape index (κ3) is 3.41. The van der Waals surface area contributed by atoms with Crippen molar-refractivity contribution in [3.8, 4) is 11.8 Å². The quantitative estimate of drug-likeness (QED) is 0.776. The maximum absolute atomic E-state index is 12.6. The van der Waals surface area contributed by atoms with Crippen molar-refractivity contribution in [2.45, 2.75) is 19.5 Å². The molecule has 0 saturated heterocycles. The highest BCUT2D eigenvalue weighted by Crippen LogP contribution is 2.40. The largest absolute Gasteiger partial charge is 0.574 e. The standard InChI is InChI=1S/C9H7F6NO2/c1-4-3-5(17-2)16-7(18-9(13,14)15)6(4)8(10,11)12/h3H,1-2H3. The number of nitrogens with zero attached hydrogens (tertiary/aromatic N) is 1. The summed E-state index contributed by atoms with van der Waals surface area (Å²) >= 11 is 0. The van der Waals surface area contributed by atoms with Gasteiger partial charge < -0.3 is 9.47 Å². The zero-order valence-electron chi connectivity index (χ0n) is 9.11. The highest BCUT2D eigenvalue weighted by atomic mass is 19.4. The predicted octanol–water partition coefficient (Wildman–Crippen LogP) is 3.32. The van der Waals surface area contributed by atoms with E-state index in [4.69, 9.17) is 0 Å². The van der Waals surface area contributed by atoms with Gasteiger partial charge in [0.1, 0.15) is 5.56 Å². The van der Waals surface area contributed by atoms with Crippen molar-refractivity contribution in [1.29, 1.82) is 0 Å². The van der Waals surface area contributed by atoms with Crippen LogP contribution in [0.4, 0.5) is 26.3 Å². The second kappa shape index (κ2) is 4.54. The molecule has 0 saturated carbocycles. The van der Waals surface area contributed by atoms with E-state index in [1.807, 2.05) is 0 Å². The van der Waals surface area contributed by atoms with Crippen molar-refractivity contribution in [3.63, 3.8) is 0 Å². The number of rotatable bonds is 2. The van der Waals surface area contributed by atoms with Crippen molar-refractivity contribution in [2.24, 2.45) is 0 Å². The van der Waals surface area contributed by atoms with Crippen molar-refractivity contribution in [2.75, 3.05) is 7.11 Å². The Morgan fingerprint density at radius 1 is 1.11 bits per heavy atom. The maximum Gasteiger partial charge on any atom is 0.574 e. The molecule has 1 aromatic rings. The number of aryl methyl sites for hydroxylation is 1. The number of methoxy groups -OCH3 is 1. The van der Waals surface area contributed by atoms with Gasteiger partial charge in [-0.05, 0) is 12.5 Å². The van der Waals surface area contributed by atoms with E-state index in [1.54, 1.807) is 0 Å². The summed E-state index contributed by atoms with van der Waals surface area (Å²) in [6.45, 7) is 0.982. The first-order chi connectivity index (χ1) is 8.04. The Morgan fingerprint density at radius 3 is 2.06 bits per heavy atom. The van der Waals surface area contributed by atoms with Gasteiger partial charge in [0, 0.05) is 6.07 Å². The molecule has 0 fully saturated rings. The Bertz CT molecular complexity index is 440. The molecule has 0 aromatic carbocycles. The van der Waals surface area contributed by atoms with Gasteiger partial charge in [0.05, 0.1) is 7.11 Å². The second-order valence-corrected chi connectivity index (χ2v) is 3.21. The SMILES string of the molecule is COc1cc(C)c(C(F)(F)F)c(OC(F)(F)F)n1. The summed E-state index contributed by atoms with van der Waals surface area (Å²) in [6, 6.07) is 0.867. The molecule has 1 heterocycles. The Hall–Kier alpha value is -1.67. The Balaban J connectivity index is 3.39.